The second-order valence-corrected chi connectivity index (χ2v) is 11.0. The largest absolute Gasteiger partial charge is 0.483 e. The number of ether oxygens (including phenoxy) is 1. The molecule has 2 aromatic heterocycles. The minimum absolute atomic E-state index is 0.147. The fourth-order valence-electron chi connectivity index (χ4n) is 3.36. The van der Waals surface area contributed by atoms with E-state index in [2.05, 4.69) is 62.4 Å². The number of hydrogen-bond donors (Lipinski definition) is 1. The van der Waals surface area contributed by atoms with E-state index >= 15 is 0 Å². The number of halogens is 1. The lowest BCUT2D eigenvalue weighted by Crippen LogP contribution is -2.14. The van der Waals surface area contributed by atoms with Gasteiger partial charge in [-0.3, -0.25) is 4.79 Å². The minimum Gasteiger partial charge on any atom is -0.483 e. The van der Waals surface area contributed by atoms with Gasteiger partial charge in [0.1, 0.15) is 5.75 Å². The van der Waals surface area contributed by atoms with E-state index in [4.69, 9.17) is 4.74 Å². The average Bonchev–Trinajstić information content (AvgIpc) is 3.45. The Bertz CT molecular complexity index is 1290. The fourth-order valence-corrected chi connectivity index (χ4v) is 5.08. The van der Waals surface area contributed by atoms with Crippen LogP contribution in [-0.4, -0.2) is 31.4 Å². The van der Waals surface area contributed by atoms with Crippen molar-refractivity contribution in [1.29, 1.82) is 0 Å². The van der Waals surface area contributed by atoms with Gasteiger partial charge in [-0.15, -0.1) is 21.5 Å². The predicted octanol–water partition coefficient (Wildman–Crippen LogP) is 6.70. The Hall–Kier alpha value is -2.69. The van der Waals surface area contributed by atoms with Crippen LogP contribution >= 0.6 is 39.0 Å². The zero-order valence-corrected chi connectivity index (χ0v) is 23.1. The number of thioether (sulfide) groups is 1. The third-order valence-corrected chi connectivity index (χ3v) is 7.62. The first kappa shape index (κ1) is 25.4. The van der Waals surface area contributed by atoms with Crippen LogP contribution in [0.25, 0.3) is 11.3 Å². The molecule has 4 aromatic rings. The van der Waals surface area contributed by atoms with E-state index in [1.807, 2.05) is 60.3 Å². The van der Waals surface area contributed by atoms with Crippen molar-refractivity contribution in [1.82, 2.24) is 19.7 Å². The highest BCUT2D eigenvalue weighted by molar-refractivity contribution is 9.10. The number of anilines is 1. The first-order valence-electron chi connectivity index (χ1n) is 11.1. The number of amides is 1. The molecule has 2 heterocycles. The van der Waals surface area contributed by atoms with Crippen LogP contribution in [0.2, 0.25) is 0 Å². The van der Waals surface area contributed by atoms with Gasteiger partial charge in [-0.05, 0) is 42.7 Å². The van der Waals surface area contributed by atoms with Crippen molar-refractivity contribution in [2.24, 2.45) is 7.05 Å². The molecule has 0 aliphatic rings. The van der Waals surface area contributed by atoms with Gasteiger partial charge in [0.05, 0.1) is 11.4 Å². The number of rotatable bonds is 9. The number of nitrogens with one attached hydrogen (secondary N) is 1. The summed E-state index contributed by atoms with van der Waals surface area (Å²) in [5, 5.41) is 14.5. The zero-order chi connectivity index (χ0) is 24.9. The predicted molar refractivity (Wildman–Crippen MR) is 145 cm³/mol. The lowest BCUT2D eigenvalue weighted by atomic mass is 10.0. The highest BCUT2D eigenvalue weighted by Gasteiger charge is 2.18. The second kappa shape index (κ2) is 11.4. The molecular formula is C25H26BrN5O2S2. The summed E-state index contributed by atoms with van der Waals surface area (Å²) in [5.74, 6) is 2.00. The van der Waals surface area contributed by atoms with E-state index in [-0.39, 0.29) is 17.8 Å². The van der Waals surface area contributed by atoms with Crippen molar-refractivity contribution in [2.75, 3.05) is 11.1 Å². The minimum atomic E-state index is -0.284. The number of benzene rings is 2. The summed E-state index contributed by atoms with van der Waals surface area (Å²) in [6, 6.07) is 16.0. The molecule has 0 saturated heterocycles. The number of hydrogen-bond acceptors (Lipinski definition) is 7. The van der Waals surface area contributed by atoms with Gasteiger partial charge >= 0.3 is 0 Å². The van der Waals surface area contributed by atoms with Crippen LogP contribution in [0, 0.1) is 0 Å². The number of carbonyl (C=O) groups excluding carboxylic acids is 1. The van der Waals surface area contributed by atoms with Crippen LogP contribution in [0.3, 0.4) is 0 Å². The molecule has 35 heavy (non-hydrogen) atoms. The number of thiazole rings is 1. The quantitative estimate of drug-likeness (QED) is 0.225. The van der Waals surface area contributed by atoms with Gasteiger partial charge in [0.2, 0.25) is 5.91 Å². The van der Waals surface area contributed by atoms with E-state index in [0.29, 0.717) is 22.0 Å². The molecule has 1 amide bonds. The van der Waals surface area contributed by atoms with Crippen LogP contribution in [0.15, 0.2) is 63.5 Å². The molecule has 0 spiro atoms. The normalized spacial score (nSPS) is 12.1. The molecule has 1 unspecified atom stereocenters. The van der Waals surface area contributed by atoms with Gasteiger partial charge in [0, 0.05) is 22.5 Å². The highest BCUT2D eigenvalue weighted by atomic mass is 79.9. The Labute approximate surface area is 221 Å². The summed E-state index contributed by atoms with van der Waals surface area (Å²) in [4.78, 5) is 17.0. The van der Waals surface area contributed by atoms with Crippen molar-refractivity contribution >= 4 is 50.1 Å². The van der Waals surface area contributed by atoms with Gasteiger partial charge in [-0.25, -0.2) is 4.98 Å². The lowest BCUT2D eigenvalue weighted by molar-refractivity contribution is -0.113. The van der Waals surface area contributed by atoms with Crippen molar-refractivity contribution in [3.63, 3.8) is 0 Å². The molecule has 0 fully saturated rings. The van der Waals surface area contributed by atoms with E-state index in [0.717, 1.165) is 21.5 Å². The van der Waals surface area contributed by atoms with Gasteiger partial charge < -0.3 is 14.6 Å². The molecule has 0 saturated carbocycles. The zero-order valence-electron chi connectivity index (χ0n) is 19.9. The molecule has 4 rings (SSSR count). The Morgan fingerprint density at radius 3 is 2.51 bits per heavy atom. The van der Waals surface area contributed by atoms with Crippen molar-refractivity contribution in [2.45, 2.75) is 37.9 Å². The van der Waals surface area contributed by atoms with E-state index < -0.39 is 0 Å². The van der Waals surface area contributed by atoms with Crippen LogP contribution in [0.1, 0.15) is 44.2 Å². The van der Waals surface area contributed by atoms with Crippen LogP contribution in [0.4, 0.5) is 5.13 Å². The van der Waals surface area contributed by atoms with Crippen molar-refractivity contribution in [3.05, 3.63) is 69.8 Å². The molecule has 7 nitrogen and oxygen atoms in total. The molecule has 0 aliphatic heterocycles. The molecule has 0 bridgehead atoms. The summed E-state index contributed by atoms with van der Waals surface area (Å²) in [6.45, 7) is 6.26. The number of aromatic nitrogens is 4. The third-order valence-electron chi connectivity index (χ3n) is 5.31. The SMILES string of the molecule is CC(C)c1ccc(OC(C)c2nnc(SCC(=O)Nc3nc(-c4ccc(Br)cc4)cs3)n2C)cc1. The molecule has 0 aliphatic carbocycles. The Balaban J connectivity index is 1.31. The molecule has 182 valence electrons. The summed E-state index contributed by atoms with van der Waals surface area (Å²) in [7, 11) is 1.88. The molecular weight excluding hydrogens is 546 g/mol. The van der Waals surface area contributed by atoms with Crippen molar-refractivity contribution in [3.8, 4) is 17.0 Å². The maximum absolute atomic E-state index is 12.5. The van der Waals surface area contributed by atoms with Gasteiger partial charge in [0.25, 0.3) is 0 Å². The first-order valence-corrected chi connectivity index (χ1v) is 13.8. The third kappa shape index (κ3) is 6.50. The van der Waals surface area contributed by atoms with Gasteiger partial charge in [-0.2, -0.15) is 0 Å². The van der Waals surface area contributed by atoms with Crippen LogP contribution in [0.5, 0.6) is 5.75 Å². The summed E-state index contributed by atoms with van der Waals surface area (Å²) in [6.07, 6.45) is -0.284. The maximum atomic E-state index is 12.5. The maximum Gasteiger partial charge on any atom is 0.236 e. The second-order valence-electron chi connectivity index (χ2n) is 8.27. The number of carbonyl (C=O) groups is 1. The molecule has 1 N–H and O–H groups in total. The first-order chi connectivity index (χ1) is 16.8. The molecule has 2 aromatic carbocycles. The topological polar surface area (TPSA) is 81.9 Å². The van der Waals surface area contributed by atoms with E-state index in [9.17, 15) is 4.79 Å². The monoisotopic (exact) mass is 571 g/mol. The summed E-state index contributed by atoms with van der Waals surface area (Å²) in [5.41, 5.74) is 3.09. The fraction of sp³-hybridized carbons (Fsp3) is 0.280. The average molecular weight is 573 g/mol. The Kier molecular flexibility index (Phi) is 8.25. The highest BCUT2D eigenvalue weighted by Crippen LogP contribution is 2.27. The van der Waals surface area contributed by atoms with Crippen molar-refractivity contribution < 1.29 is 9.53 Å². The van der Waals surface area contributed by atoms with Crippen LogP contribution < -0.4 is 10.1 Å². The molecule has 10 heteroatoms. The lowest BCUT2D eigenvalue weighted by Gasteiger charge is -2.15. The smallest absolute Gasteiger partial charge is 0.236 e. The standard InChI is InChI=1S/C25H26BrN5O2S2/c1-15(2)17-7-11-20(12-8-17)33-16(3)23-29-30-25(31(23)4)35-14-22(32)28-24-27-21(13-34-24)18-5-9-19(26)10-6-18/h5-13,15-16H,14H2,1-4H3,(H,27,28,32). The summed E-state index contributed by atoms with van der Waals surface area (Å²) >= 11 is 6.15. The number of nitrogens with zero attached hydrogens (tertiary/aromatic N) is 4. The van der Waals surface area contributed by atoms with Gasteiger partial charge in [0.15, 0.2) is 22.2 Å². The van der Waals surface area contributed by atoms with E-state index in [1.54, 1.807) is 0 Å². The summed E-state index contributed by atoms with van der Waals surface area (Å²) < 4.78 is 8.93. The molecule has 0 radical (unpaired) electrons. The Morgan fingerprint density at radius 1 is 1.11 bits per heavy atom. The molecule has 1 atom stereocenters. The van der Waals surface area contributed by atoms with Gasteiger partial charge in [-0.1, -0.05) is 65.8 Å². The van der Waals surface area contributed by atoms with E-state index in [1.165, 1.54) is 28.7 Å². The van der Waals surface area contributed by atoms with Crippen LogP contribution in [-0.2, 0) is 11.8 Å². The Morgan fingerprint density at radius 2 is 1.83 bits per heavy atom.